The Labute approximate surface area is 118 Å². The van der Waals surface area contributed by atoms with Gasteiger partial charge in [0.25, 0.3) is 0 Å². The summed E-state index contributed by atoms with van der Waals surface area (Å²) in [5.74, 6) is 0.155. The van der Waals surface area contributed by atoms with Gasteiger partial charge in [-0.2, -0.15) is 5.10 Å². The number of carbonyl (C=O) groups is 1. The summed E-state index contributed by atoms with van der Waals surface area (Å²) in [6, 6.07) is 8.62. The number of benzene rings is 1. The minimum absolute atomic E-state index is 0.155. The van der Waals surface area contributed by atoms with Gasteiger partial charge in [0, 0.05) is 13.5 Å². The maximum absolute atomic E-state index is 12.3. The largest absolute Gasteiger partial charge is 0.339 e. The van der Waals surface area contributed by atoms with E-state index in [0.29, 0.717) is 13.0 Å². The number of rotatable bonds is 4. The molecule has 1 aliphatic rings. The highest BCUT2D eigenvalue weighted by atomic mass is 16.2. The first-order valence-corrected chi connectivity index (χ1v) is 6.91. The lowest BCUT2D eigenvalue weighted by atomic mass is 10.1. The molecule has 1 heterocycles. The van der Waals surface area contributed by atoms with Crippen molar-refractivity contribution < 1.29 is 4.79 Å². The van der Waals surface area contributed by atoms with Gasteiger partial charge in [0.05, 0.1) is 12.6 Å². The molecule has 5 nitrogen and oxygen atoms in total. The Morgan fingerprint density at radius 1 is 1.45 bits per heavy atom. The van der Waals surface area contributed by atoms with Gasteiger partial charge in [-0.3, -0.25) is 9.48 Å². The lowest BCUT2D eigenvalue weighted by Crippen LogP contribution is -2.30. The first kappa shape index (κ1) is 12.8. The molecule has 1 aliphatic carbocycles. The lowest BCUT2D eigenvalue weighted by Gasteiger charge is -2.25. The van der Waals surface area contributed by atoms with E-state index in [1.165, 1.54) is 17.5 Å². The first-order valence-electron chi connectivity index (χ1n) is 6.91. The molecule has 2 aromatic rings. The monoisotopic (exact) mass is 270 g/mol. The van der Waals surface area contributed by atoms with Gasteiger partial charge in [0.15, 0.2) is 0 Å². The highest BCUT2D eigenvalue weighted by Gasteiger charge is 2.27. The van der Waals surface area contributed by atoms with Crippen molar-refractivity contribution in [1.29, 1.82) is 0 Å². The summed E-state index contributed by atoms with van der Waals surface area (Å²) in [6.45, 7) is 0.581. The predicted molar refractivity (Wildman–Crippen MR) is 74.9 cm³/mol. The van der Waals surface area contributed by atoms with Crippen LogP contribution in [-0.4, -0.2) is 32.6 Å². The van der Waals surface area contributed by atoms with Crippen molar-refractivity contribution >= 4 is 5.91 Å². The van der Waals surface area contributed by atoms with Crippen molar-refractivity contribution in [2.45, 2.75) is 31.8 Å². The molecule has 0 fully saturated rings. The molecule has 0 saturated carbocycles. The van der Waals surface area contributed by atoms with Gasteiger partial charge in [-0.25, -0.2) is 4.98 Å². The predicted octanol–water partition coefficient (Wildman–Crippen LogP) is 1.81. The van der Waals surface area contributed by atoms with Gasteiger partial charge in [-0.1, -0.05) is 24.3 Å². The summed E-state index contributed by atoms with van der Waals surface area (Å²) in [4.78, 5) is 18.1. The van der Waals surface area contributed by atoms with E-state index in [9.17, 15) is 4.79 Å². The third-order valence-corrected chi connectivity index (χ3v) is 3.98. The van der Waals surface area contributed by atoms with Crippen LogP contribution in [0.2, 0.25) is 0 Å². The number of fused-ring (bicyclic) bond motifs is 1. The standard InChI is InChI=1S/C15H18N4O/c1-18(15(20)8-9-19-11-16-10-17-19)14-7-6-12-4-2-3-5-13(12)14/h2-5,10-11,14H,6-9H2,1H3. The summed E-state index contributed by atoms with van der Waals surface area (Å²) < 4.78 is 1.69. The fraction of sp³-hybridized carbons (Fsp3) is 0.400. The van der Waals surface area contributed by atoms with Crippen molar-refractivity contribution in [3.63, 3.8) is 0 Å². The maximum Gasteiger partial charge on any atom is 0.224 e. The number of carbonyl (C=O) groups excluding carboxylic acids is 1. The Bertz CT molecular complexity index is 594. The average molecular weight is 270 g/mol. The van der Waals surface area contributed by atoms with E-state index >= 15 is 0 Å². The van der Waals surface area contributed by atoms with E-state index in [1.54, 1.807) is 11.0 Å². The van der Waals surface area contributed by atoms with E-state index in [-0.39, 0.29) is 11.9 Å². The Morgan fingerprint density at radius 3 is 3.10 bits per heavy atom. The molecule has 0 saturated heterocycles. The fourth-order valence-corrected chi connectivity index (χ4v) is 2.85. The molecule has 104 valence electrons. The van der Waals surface area contributed by atoms with Crippen molar-refractivity contribution in [2.24, 2.45) is 0 Å². The van der Waals surface area contributed by atoms with Crippen LogP contribution in [0, 0.1) is 0 Å². The number of aromatic nitrogens is 3. The van der Waals surface area contributed by atoms with Crippen LogP contribution in [0.5, 0.6) is 0 Å². The molecule has 5 heteroatoms. The molecule has 1 atom stereocenters. The van der Waals surface area contributed by atoms with E-state index in [1.807, 2.05) is 18.0 Å². The molecule has 0 bridgehead atoms. The van der Waals surface area contributed by atoms with Gasteiger partial charge >= 0.3 is 0 Å². The summed E-state index contributed by atoms with van der Waals surface area (Å²) in [7, 11) is 1.90. The normalized spacial score (nSPS) is 16.9. The third kappa shape index (κ3) is 2.43. The summed E-state index contributed by atoms with van der Waals surface area (Å²) >= 11 is 0. The van der Waals surface area contributed by atoms with Crippen LogP contribution >= 0.6 is 0 Å². The first-order chi connectivity index (χ1) is 9.75. The minimum Gasteiger partial charge on any atom is -0.339 e. The molecular formula is C15H18N4O. The van der Waals surface area contributed by atoms with Gasteiger partial charge in [0.2, 0.25) is 5.91 Å². The van der Waals surface area contributed by atoms with Crippen LogP contribution in [0.25, 0.3) is 0 Å². The maximum atomic E-state index is 12.3. The van der Waals surface area contributed by atoms with Crippen LogP contribution in [-0.2, 0) is 17.8 Å². The quantitative estimate of drug-likeness (QED) is 0.851. The average Bonchev–Trinajstić information content (AvgIpc) is 3.13. The lowest BCUT2D eigenvalue weighted by molar-refractivity contribution is -0.132. The molecule has 0 N–H and O–H groups in total. The zero-order chi connectivity index (χ0) is 13.9. The molecule has 0 aliphatic heterocycles. The second kappa shape index (κ2) is 5.45. The van der Waals surface area contributed by atoms with Crippen LogP contribution in [0.4, 0.5) is 0 Å². The topological polar surface area (TPSA) is 51.0 Å². The number of amides is 1. The van der Waals surface area contributed by atoms with Crippen molar-refractivity contribution in [3.05, 3.63) is 48.0 Å². The summed E-state index contributed by atoms with van der Waals surface area (Å²) in [5.41, 5.74) is 2.66. The van der Waals surface area contributed by atoms with Gasteiger partial charge in [-0.05, 0) is 24.0 Å². The SMILES string of the molecule is CN(C(=O)CCn1cncn1)C1CCc2ccccc21. The summed E-state index contributed by atoms with van der Waals surface area (Å²) in [6.07, 6.45) is 5.66. The molecule has 1 aromatic heterocycles. The van der Waals surface area contributed by atoms with Crippen LogP contribution < -0.4 is 0 Å². The molecule has 0 radical (unpaired) electrons. The Kier molecular flexibility index (Phi) is 3.50. The zero-order valence-electron chi connectivity index (χ0n) is 11.6. The van der Waals surface area contributed by atoms with Gasteiger partial charge < -0.3 is 4.90 Å². The Morgan fingerprint density at radius 2 is 2.30 bits per heavy atom. The van der Waals surface area contributed by atoms with Crippen LogP contribution in [0.1, 0.15) is 30.0 Å². The van der Waals surface area contributed by atoms with Crippen molar-refractivity contribution in [3.8, 4) is 0 Å². The van der Waals surface area contributed by atoms with E-state index in [0.717, 1.165) is 12.8 Å². The molecule has 0 spiro atoms. The number of aryl methyl sites for hydroxylation is 2. The fourth-order valence-electron chi connectivity index (χ4n) is 2.85. The number of hydrogen-bond acceptors (Lipinski definition) is 3. The van der Waals surface area contributed by atoms with Crippen molar-refractivity contribution in [1.82, 2.24) is 19.7 Å². The molecule has 20 heavy (non-hydrogen) atoms. The number of hydrogen-bond donors (Lipinski definition) is 0. The highest BCUT2D eigenvalue weighted by Crippen LogP contribution is 2.34. The Hall–Kier alpha value is -2.17. The van der Waals surface area contributed by atoms with E-state index < -0.39 is 0 Å². The minimum atomic E-state index is 0.155. The molecule has 3 rings (SSSR count). The second-order valence-corrected chi connectivity index (χ2v) is 5.17. The molecule has 1 amide bonds. The molecule has 1 aromatic carbocycles. The number of nitrogens with zero attached hydrogens (tertiary/aromatic N) is 4. The zero-order valence-corrected chi connectivity index (χ0v) is 11.6. The second-order valence-electron chi connectivity index (χ2n) is 5.17. The Balaban J connectivity index is 1.64. The third-order valence-electron chi connectivity index (χ3n) is 3.98. The van der Waals surface area contributed by atoms with E-state index in [2.05, 4.69) is 28.3 Å². The van der Waals surface area contributed by atoms with Crippen LogP contribution in [0.15, 0.2) is 36.9 Å². The van der Waals surface area contributed by atoms with Crippen molar-refractivity contribution in [2.75, 3.05) is 7.05 Å². The van der Waals surface area contributed by atoms with Gasteiger partial charge in [-0.15, -0.1) is 0 Å². The van der Waals surface area contributed by atoms with Gasteiger partial charge in [0.1, 0.15) is 12.7 Å². The smallest absolute Gasteiger partial charge is 0.224 e. The van der Waals surface area contributed by atoms with E-state index in [4.69, 9.17) is 0 Å². The molecular weight excluding hydrogens is 252 g/mol. The summed E-state index contributed by atoms with van der Waals surface area (Å²) in [5, 5.41) is 4.02. The highest BCUT2D eigenvalue weighted by molar-refractivity contribution is 5.76. The van der Waals surface area contributed by atoms with Crippen LogP contribution in [0.3, 0.4) is 0 Å². The molecule has 1 unspecified atom stereocenters.